The number of pyridine rings is 1. The highest BCUT2D eigenvalue weighted by atomic mass is 16.5. The van der Waals surface area contributed by atoms with Gasteiger partial charge in [0, 0.05) is 19.0 Å². The minimum atomic E-state index is -0.242. The Labute approximate surface area is 108 Å². The summed E-state index contributed by atoms with van der Waals surface area (Å²) in [5.74, 6) is 0.396. The predicted molar refractivity (Wildman–Crippen MR) is 69.2 cm³/mol. The van der Waals surface area contributed by atoms with Gasteiger partial charge in [0.1, 0.15) is 0 Å². The van der Waals surface area contributed by atoms with E-state index in [4.69, 9.17) is 4.74 Å². The molecule has 2 unspecified atom stereocenters. The normalized spacial score (nSPS) is 27.7. The standard InChI is InChI=1S/C15H21NO2/c17-14(10-12-2-7-16-8-3-12)13-4-9-18-15(11-13)5-1-6-15/h2-3,7-8,13-14,17H,1,4-6,9-11H2. The van der Waals surface area contributed by atoms with Crippen LogP contribution in [0.25, 0.3) is 0 Å². The van der Waals surface area contributed by atoms with Crippen LogP contribution in [0.4, 0.5) is 0 Å². The Hall–Kier alpha value is -0.930. The fourth-order valence-corrected chi connectivity index (χ4v) is 3.24. The third-order valence-electron chi connectivity index (χ3n) is 4.53. The Balaban J connectivity index is 1.60. The second-order valence-corrected chi connectivity index (χ2v) is 5.76. The lowest BCUT2D eigenvalue weighted by Crippen LogP contribution is -2.48. The molecule has 0 amide bonds. The number of aliphatic hydroxyl groups is 1. The maximum absolute atomic E-state index is 10.4. The van der Waals surface area contributed by atoms with Crippen molar-refractivity contribution in [2.24, 2.45) is 5.92 Å². The van der Waals surface area contributed by atoms with E-state index in [9.17, 15) is 5.11 Å². The molecular formula is C15H21NO2. The highest BCUT2D eigenvalue weighted by Crippen LogP contribution is 2.45. The first-order chi connectivity index (χ1) is 8.77. The minimum absolute atomic E-state index is 0.127. The predicted octanol–water partition coefficient (Wildman–Crippen LogP) is 2.33. The molecule has 1 spiro atoms. The molecule has 18 heavy (non-hydrogen) atoms. The van der Waals surface area contributed by atoms with Crippen LogP contribution in [0.2, 0.25) is 0 Å². The molecule has 98 valence electrons. The van der Waals surface area contributed by atoms with Crippen molar-refractivity contribution in [2.45, 2.75) is 50.2 Å². The van der Waals surface area contributed by atoms with Gasteiger partial charge in [-0.05, 0) is 62.1 Å². The van der Waals surface area contributed by atoms with Crippen molar-refractivity contribution in [1.82, 2.24) is 4.98 Å². The molecule has 1 N–H and O–H groups in total. The fraction of sp³-hybridized carbons (Fsp3) is 0.667. The van der Waals surface area contributed by atoms with Gasteiger partial charge in [-0.2, -0.15) is 0 Å². The fourth-order valence-electron chi connectivity index (χ4n) is 3.24. The smallest absolute Gasteiger partial charge is 0.0686 e. The molecule has 2 fully saturated rings. The quantitative estimate of drug-likeness (QED) is 0.891. The van der Waals surface area contributed by atoms with Crippen LogP contribution in [0.5, 0.6) is 0 Å². The highest BCUT2D eigenvalue weighted by Gasteiger charge is 2.43. The third kappa shape index (κ3) is 2.43. The van der Waals surface area contributed by atoms with Crippen molar-refractivity contribution >= 4 is 0 Å². The summed E-state index contributed by atoms with van der Waals surface area (Å²) in [6.07, 6.45) is 9.77. The van der Waals surface area contributed by atoms with Gasteiger partial charge in [0.15, 0.2) is 0 Å². The molecule has 1 aromatic heterocycles. The van der Waals surface area contributed by atoms with E-state index in [0.29, 0.717) is 5.92 Å². The zero-order valence-corrected chi connectivity index (χ0v) is 10.7. The molecule has 0 radical (unpaired) electrons. The Kier molecular flexibility index (Phi) is 3.35. The third-order valence-corrected chi connectivity index (χ3v) is 4.53. The van der Waals surface area contributed by atoms with Gasteiger partial charge >= 0.3 is 0 Å². The van der Waals surface area contributed by atoms with E-state index in [1.807, 2.05) is 12.1 Å². The van der Waals surface area contributed by atoms with Crippen LogP contribution in [0.15, 0.2) is 24.5 Å². The Morgan fingerprint density at radius 1 is 1.39 bits per heavy atom. The average molecular weight is 247 g/mol. The summed E-state index contributed by atoms with van der Waals surface area (Å²) in [4.78, 5) is 4.01. The van der Waals surface area contributed by atoms with Crippen LogP contribution in [-0.4, -0.2) is 28.4 Å². The van der Waals surface area contributed by atoms with Gasteiger partial charge < -0.3 is 9.84 Å². The van der Waals surface area contributed by atoms with Gasteiger partial charge in [0.25, 0.3) is 0 Å². The van der Waals surface area contributed by atoms with Gasteiger partial charge in [-0.1, -0.05) is 0 Å². The molecule has 1 aliphatic carbocycles. The van der Waals surface area contributed by atoms with Crippen molar-refractivity contribution < 1.29 is 9.84 Å². The summed E-state index contributed by atoms with van der Waals surface area (Å²) in [7, 11) is 0. The summed E-state index contributed by atoms with van der Waals surface area (Å²) in [6.45, 7) is 0.818. The van der Waals surface area contributed by atoms with E-state index in [1.54, 1.807) is 12.4 Å². The first-order valence-corrected chi connectivity index (χ1v) is 6.98. The molecular weight excluding hydrogens is 226 g/mol. The van der Waals surface area contributed by atoms with Gasteiger partial charge in [-0.15, -0.1) is 0 Å². The number of rotatable bonds is 3. The Morgan fingerprint density at radius 2 is 2.17 bits per heavy atom. The van der Waals surface area contributed by atoms with Crippen LogP contribution in [-0.2, 0) is 11.2 Å². The van der Waals surface area contributed by atoms with Gasteiger partial charge in [-0.3, -0.25) is 4.98 Å². The largest absolute Gasteiger partial charge is 0.392 e. The van der Waals surface area contributed by atoms with Crippen molar-refractivity contribution in [3.05, 3.63) is 30.1 Å². The molecule has 2 aliphatic rings. The van der Waals surface area contributed by atoms with E-state index in [1.165, 1.54) is 24.8 Å². The molecule has 2 atom stereocenters. The van der Waals surface area contributed by atoms with Crippen molar-refractivity contribution in [1.29, 1.82) is 0 Å². The van der Waals surface area contributed by atoms with Crippen molar-refractivity contribution in [2.75, 3.05) is 6.61 Å². The van der Waals surface area contributed by atoms with Crippen LogP contribution in [0.1, 0.15) is 37.7 Å². The van der Waals surface area contributed by atoms with Crippen LogP contribution >= 0.6 is 0 Å². The SMILES string of the molecule is OC(Cc1ccncc1)C1CCOC2(CCC2)C1. The number of aromatic nitrogens is 1. The number of hydrogen-bond acceptors (Lipinski definition) is 3. The first-order valence-electron chi connectivity index (χ1n) is 6.98. The first kappa shape index (κ1) is 12.1. The molecule has 3 rings (SSSR count). The minimum Gasteiger partial charge on any atom is -0.392 e. The average Bonchev–Trinajstić information content (AvgIpc) is 2.38. The summed E-state index contributed by atoms with van der Waals surface area (Å²) in [5, 5.41) is 10.4. The lowest BCUT2D eigenvalue weighted by molar-refractivity contribution is -0.156. The van der Waals surface area contributed by atoms with E-state index in [0.717, 1.165) is 25.9 Å². The summed E-state index contributed by atoms with van der Waals surface area (Å²) >= 11 is 0. The second-order valence-electron chi connectivity index (χ2n) is 5.76. The number of nitrogens with zero attached hydrogens (tertiary/aromatic N) is 1. The maximum atomic E-state index is 10.4. The van der Waals surface area contributed by atoms with Crippen LogP contribution in [0, 0.1) is 5.92 Å². The van der Waals surface area contributed by atoms with Gasteiger partial charge in [0.05, 0.1) is 11.7 Å². The molecule has 2 heterocycles. The molecule has 1 aromatic rings. The van der Waals surface area contributed by atoms with E-state index >= 15 is 0 Å². The van der Waals surface area contributed by atoms with Gasteiger partial charge in [0.2, 0.25) is 0 Å². The highest BCUT2D eigenvalue weighted by molar-refractivity contribution is 5.11. The maximum Gasteiger partial charge on any atom is 0.0686 e. The zero-order chi connectivity index (χ0) is 12.4. The molecule has 0 aromatic carbocycles. The Morgan fingerprint density at radius 3 is 2.83 bits per heavy atom. The summed E-state index contributed by atoms with van der Waals surface area (Å²) in [5.41, 5.74) is 1.30. The molecule has 1 aliphatic heterocycles. The van der Waals surface area contributed by atoms with E-state index in [-0.39, 0.29) is 11.7 Å². The summed E-state index contributed by atoms with van der Waals surface area (Å²) in [6, 6.07) is 3.98. The number of aliphatic hydroxyl groups excluding tert-OH is 1. The number of hydrogen-bond donors (Lipinski definition) is 1. The molecule has 3 heteroatoms. The lowest BCUT2D eigenvalue weighted by atomic mass is 9.70. The van der Waals surface area contributed by atoms with Crippen LogP contribution < -0.4 is 0 Å². The van der Waals surface area contributed by atoms with E-state index in [2.05, 4.69) is 4.98 Å². The molecule has 1 saturated heterocycles. The topological polar surface area (TPSA) is 42.4 Å². The number of ether oxygens (including phenoxy) is 1. The molecule has 3 nitrogen and oxygen atoms in total. The van der Waals surface area contributed by atoms with Crippen molar-refractivity contribution in [3.8, 4) is 0 Å². The second kappa shape index (κ2) is 4.98. The summed E-state index contributed by atoms with van der Waals surface area (Å²) < 4.78 is 5.91. The molecule has 0 bridgehead atoms. The lowest BCUT2D eigenvalue weighted by Gasteiger charge is -2.48. The van der Waals surface area contributed by atoms with Crippen LogP contribution in [0.3, 0.4) is 0 Å². The monoisotopic (exact) mass is 247 g/mol. The van der Waals surface area contributed by atoms with E-state index < -0.39 is 0 Å². The zero-order valence-electron chi connectivity index (χ0n) is 10.7. The van der Waals surface area contributed by atoms with Crippen molar-refractivity contribution in [3.63, 3.8) is 0 Å². The Bertz CT molecular complexity index is 389. The van der Waals surface area contributed by atoms with Gasteiger partial charge in [-0.25, -0.2) is 0 Å². The molecule has 1 saturated carbocycles.